The lowest BCUT2D eigenvalue weighted by atomic mass is 10.0. The van der Waals surface area contributed by atoms with E-state index in [0.29, 0.717) is 13.2 Å². The Kier molecular flexibility index (Phi) is 7.44. The summed E-state index contributed by atoms with van der Waals surface area (Å²) in [6, 6.07) is 18.5. The molecule has 0 aromatic heterocycles. The van der Waals surface area contributed by atoms with Crippen molar-refractivity contribution < 1.29 is 9.53 Å². The van der Waals surface area contributed by atoms with Crippen molar-refractivity contribution in [3.05, 3.63) is 60.2 Å². The van der Waals surface area contributed by atoms with Crippen molar-refractivity contribution in [2.75, 3.05) is 19.7 Å². The van der Waals surface area contributed by atoms with Crippen molar-refractivity contribution in [2.45, 2.75) is 25.5 Å². The summed E-state index contributed by atoms with van der Waals surface area (Å²) in [6.45, 7) is 3.94. The van der Waals surface area contributed by atoms with Gasteiger partial charge in [0.25, 0.3) is 0 Å². The number of amides is 1. The summed E-state index contributed by atoms with van der Waals surface area (Å²) in [7, 11) is 0. The van der Waals surface area contributed by atoms with Gasteiger partial charge in [0, 0.05) is 13.1 Å². The van der Waals surface area contributed by atoms with Crippen LogP contribution in [0.2, 0.25) is 0 Å². The van der Waals surface area contributed by atoms with Gasteiger partial charge in [0.2, 0.25) is 5.91 Å². The summed E-state index contributed by atoms with van der Waals surface area (Å²) in [6.07, 6.45) is 0.731. The second-order valence-corrected chi connectivity index (χ2v) is 6.12. The van der Waals surface area contributed by atoms with Crippen molar-refractivity contribution in [1.29, 1.82) is 0 Å². The zero-order chi connectivity index (χ0) is 16.8. The highest BCUT2D eigenvalue weighted by atomic mass is 35.5. The average Bonchev–Trinajstić information content (AvgIpc) is 2.63. The van der Waals surface area contributed by atoms with Crippen molar-refractivity contribution >= 4 is 18.3 Å². The summed E-state index contributed by atoms with van der Waals surface area (Å²) in [5.74, 6) is 0.0152. The molecule has 25 heavy (non-hydrogen) atoms. The molecule has 2 atom stereocenters. The molecule has 2 N–H and O–H groups in total. The molecule has 0 bridgehead atoms. The van der Waals surface area contributed by atoms with E-state index in [9.17, 15) is 4.79 Å². The first kappa shape index (κ1) is 19.4. The number of carbonyl (C=O) groups excluding carboxylic acids is 1. The number of hydrogen-bond acceptors (Lipinski definition) is 3. The molecular formula is C20H25ClN2O2. The van der Waals surface area contributed by atoms with Gasteiger partial charge in [-0.25, -0.2) is 0 Å². The van der Waals surface area contributed by atoms with E-state index in [-0.39, 0.29) is 30.5 Å². The Morgan fingerprint density at radius 3 is 2.68 bits per heavy atom. The molecular weight excluding hydrogens is 336 g/mol. The molecule has 3 rings (SSSR count). The fourth-order valence-electron chi connectivity index (χ4n) is 3.00. The van der Waals surface area contributed by atoms with E-state index in [4.69, 9.17) is 4.74 Å². The third-order valence-corrected chi connectivity index (χ3v) is 4.35. The van der Waals surface area contributed by atoms with Gasteiger partial charge in [-0.05, 0) is 30.0 Å². The Morgan fingerprint density at radius 2 is 1.92 bits per heavy atom. The van der Waals surface area contributed by atoms with E-state index in [0.717, 1.165) is 13.0 Å². The monoisotopic (exact) mass is 360 g/mol. The van der Waals surface area contributed by atoms with Crippen LogP contribution in [-0.4, -0.2) is 37.7 Å². The number of morpholine rings is 1. The molecule has 2 aromatic rings. The predicted octanol–water partition coefficient (Wildman–Crippen LogP) is 2.81. The molecule has 0 spiro atoms. The quantitative estimate of drug-likeness (QED) is 0.862. The van der Waals surface area contributed by atoms with Crippen LogP contribution in [0.25, 0.3) is 11.1 Å². The largest absolute Gasteiger partial charge is 0.375 e. The molecule has 0 unspecified atom stereocenters. The maximum absolute atomic E-state index is 12.2. The fraction of sp³-hybridized carbons (Fsp3) is 0.350. The predicted molar refractivity (Wildman–Crippen MR) is 103 cm³/mol. The molecule has 4 nitrogen and oxygen atoms in total. The summed E-state index contributed by atoms with van der Waals surface area (Å²) >= 11 is 0. The van der Waals surface area contributed by atoms with Gasteiger partial charge < -0.3 is 15.4 Å². The van der Waals surface area contributed by atoms with Gasteiger partial charge in [-0.3, -0.25) is 4.79 Å². The molecule has 1 amide bonds. The van der Waals surface area contributed by atoms with Crippen LogP contribution in [0, 0.1) is 0 Å². The zero-order valence-corrected chi connectivity index (χ0v) is 15.2. The summed E-state index contributed by atoms with van der Waals surface area (Å²) in [4.78, 5) is 12.2. The van der Waals surface area contributed by atoms with Crippen LogP contribution in [0.1, 0.15) is 12.5 Å². The molecule has 1 aliphatic heterocycles. The standard InChI is InChI=1S/C20H24N2O2.ClH/c1-15-19(21-12-13-24-15)20(23)22-11-10-16-6-5-9-18(14-16)17-7-3-2-4-8-17;/h2-9,14-15,19,21H,10-13H2,1H3,(H,22,23);1H/t15-,19+;/m1./s1. The Morgan fingerprint density at radius 1 is 1.16 bits per heavy atom. The number of halogens is 1. The number of ether oxygens (including phenoxy) is 1. The molecule has 1 aliphatic rings. The fourth-order valence-corrected chi connectivity index (χ4v) is 3.00. The molecule has 2 aromatic carbocycles. The smallest absolute Gasteiger partial charge is 0.239 e. The average molecular weight is 361 g/mol. The Balaban J connectivity index is 0.00000225. The first-order valence-corrected chi connectivity index (χ1v) is 8.51. The highest BCUT2D eigenvalue weighted by molar-refractivity contribution is 5.85. The maximum Gasteiger partial charge on any atom is 0.239 e. The van der Waals surface area contributed by atoms with Crippen LogP contribution in [0.3, 0.4) is 0 Å². The first-order valence-electron chi connectivity index (χ1n) is 8.51. The van der Waals surface area contributed by atoms with Gasteiger partial charge in [0.05, 0.1) is 12.7 Å². The highest BCUT2D eigenvalue weighted by Gasteiger charge is 2.27. The second-order valence-electron chi connectivity index (χ2n) is 6.12. The Bertz CT molecular complexity index is 678. The molecule has 1 saturated heterocycles. The number of rotatable bonds is 5. The minimum absolute atomic E-state index is 0. The van der Waals surface area contributed by atoms with Gasteiger partial charge in [-0.1, -0.05) is 54.6 Å². The molecule has 0 aliphatic carbocycles. The van der Waals surface area contributed by atoms with E-state index in [2.05, 4.69) is 47.0 Å². The van der Waals surface area contributed by atoms with Gasteiger partial charge in [0.15, 0.2) is 0 Å². The van der Waals surface area contributed by atoms with Gasteiger partial charge in [-0.15, -0.1) is 12.4 Å². The van der Waals surface area contributed by atoms with Crippen LogP contribution in [-0.2, 0) is 16.0 Å². The SMILES string of the molecule is C[C@H]1OCCN[C@@H]1C(=O)NCCc1cccc(-c2ccccc2)c1.Cl. The molecule has 5 heteroatoms. The van der Waals surface area contributed by atoms with Gasteiger partial charge in [-0.2, -0.15) is 0 Å². The minimum Gasteiger partial charge on any atom is -0.375 e. The van der Waals surface area contributed by atoms with E-state index in [1.807, 2.05) is 25.1 Å². The van der Waals surface area contributed by atoms with Crippen molar-refractivity contribution in [2.24, 2.45) is 0 Å². The van der Waals surface area contributed by atoms with E-state index in [1.54, 1.807) is 0 Å². The zero-order valence-electron chi connectivity index (χ0n) is 14.4. The van der Waals surface area contributed by atoms with Crippen LogP contribution in [0.15, 0.2) is 54.6 Å². The normalized spacial score (nSPS) is 19.7. The lowest BCUT2D eigenvalue weighted by molar-refractivity contribution is -0.128. The maximum atomic E-state index is 12.2. The Labute approximate surface area is 155 Å². The van der Waals surface area contributed by atoms with Crippen LogP contribution >= 0.6 is 12.4 Å². The van der Waals surface area contributed by atoms with Crippen LogP contribution in [0.4, 0.5) is 0 Å². The molecule has 0 saturated carbocycles. The lowest BCUT2D eigenvalue weighted by Crippen LogP contribution is -2.55. The molecule has 0 radical (unpaired) electrons. The third-order valence-electron chi connectivity index (χ3n) is 4.35. The number of carbonyl (C=O) groups is 1. The number of nitrogens with one attached hydrogen (secondary N) is 2. The highest BCUT2D eigenvalue weighted by Crippen LogP contribution is 2.20. The van der Waals surface area contributed by atoms with Crippen molar-refractivity contribution in [3.63, 3.8) is 0 Å². The van der Waals surface area contributed by atoms with Crippen molar-refractivity contribution in [1.82, 2.24) is 10.6 Å². The Hall–Kier alpha value is -1.88. The summed E-state index contributed by atoms with van der Waals surface area (Å²) in [5, 5.41) is 6.22. The van der Waals surface area contributed by atoms with Crippen LogP contribution in [0.5, 0.6) is 0 Å². The van der Waals surface area contributed by atoms with E-state index in [1.165, 1.54) is 16.7 Å². The third kappa shape index (κ3) is 5.30. The summed E-state index contributed by atoms with van der Waals surface area (Å²) in [5.41, 5.74) is 3.63. The van der Waals surface area contributed by atoms with E-state index < -0.39 is 0 Å². The number of benzene rings is 2. The molecule has 1 heterocycles. The van der Waals surface area contributed by atoms with Crippen molar-refractivity contribution in [3.8, 4) is 11.1 Å². The van der Waals surface area contributed by atoms with Crippen LogP contribution < -0.4 is 10.6 Å². The molecule has 1 fully saturated rings. The topological polar surface area (TPSA) is 50.4 Å². The van der Waals surface area contributed by atoms with E-state index >= 15 is 0 Å². The minimum atomic E-state index is -0.255. The first-order chi connectivity index (χ1) is 11.7. The lowest BCUT2D eigenvalue weighted by Gasteiger charge is -2.29. The van der Waals surface area contributed by atoms with Gasteiger partial charge >= 0.3 is 0 Å². The number of hydrogen-bond donors (Lipinski definition) is 2. The summed E-state index contributed by atoms with van der Waals surface area (Å²) < 4.78 is 5.52. The molecule has 134 valence electrons. The second kappa shape index (κ2) is 9.56. The van der Waals surface area contributed by atoms with Gasteiger partial charge in [0.1, 0.15) is 6.04 Å².